The SMILES string of the molecule is O=C(O)C1CCC2Cc3cccc(O)c3N2C1. The topological polar surface area (TPSA) is 60.8 Å². The minimum absolute atomic E-state index is 0.274. The van der Waals surface area contributed by atoms with E-state index in [2.05, 4.69) is 4.90 Å². The maximum atomic E-state index is 11.1. The van der Waals surface area contributed by atoms with E-state index in [1.807, 2.05) is 12.1 Å². The molecule has 2 N–H and O–H groups in total. The molecule has 0 amide bonds. The number of nitrogens with zero attached hydrogens (tertiary/aromatic N) is 1. The quantitative estimate of drug-likeness (QED) is 0.773. The third kappa shape index (κ3) is 1.55. The molecule has 0 aliphatic carbocycles. The average Bonchev–Trinajstić information content (AvgIpc) is 2.67. The van der Waals surface area contributed by atoms with Crippen molar-refractivity contribution in [2.75, 3.05) is 11.4 Å². The van der Waals surface area contributed by atoms with Crippen LogP contribution in [-0.4, -0.2) is 28.8 Å². The molecule has 90 valence electrons. The van der Waals surface area contributed by atoms with Gasteiger partial charge in [-0.1, -0.05) is 12.1 Å². The molecule has 0 radical (unpaired) electrons. The predicted octanol–water partition coefficient (Wildman–Crippen LogP) is 1.62. The normalized spacial score (nSPS) is 26.5. The molecule has 2 atom stereocenters. The van der Waals surface area contributed by atoms with Crippen molar-refractivity contribution < 1.29 is 15.0 Å². The highest BCUT2D eigenvalue weighted by atomic mass is 16.4. The third-order valence-corrected chi connectivity index (χ3v) is 3.90. The predicted molar refractivity (Wildman–Crippen MR) is 63.3 cm³/mol. The molecule has 1 fully saturated rings. The van der Waals surface area contributed by atoms with Crippen molar-refractivity contribution in [3.05, 3.63) is 23.8 Å². The number of rotatable bonds is 1. The van der Waals surface area contributed by atoms with Crippen molar-refractivity contribution in [1.29, 1.82) is 0 Å². The van der Waals surface area contributed by atoms with Crippen LogP contribution in [-0.2, 0) is 11.2 Å². The Morgan fingerprint density at radius 3 is 2.94 bits per heavy atom. The number of hydrogen-bond acceptors (Lipinski definition) is 3. The van der Waals surface area contributed by atoms with Crippen molar-refractivity contribution in [3.8, 4) is 5.75 Å². The molecule has 1 saturated heterocycles. The van der Waals surface area contributed by atoms with Crippen molar-refractivity contribution in [2.24, 2.45) is 5.92 Å². The van der Waals surface area contributed by atoms with Crippen LogP contribution >= 0.6 is 0 Å². The van der Waals surface area contributed by atoms with Gasteiger partial charge in [0.2, 0.25) is 0 Å². The second-order valence-electron chi connectivity index (χ2n) is 4.91. The lowest BCUT2D eigenvalue weighted by Gasteiger charge is -2.35. The molecule has 1 aromatic rings. The highest BCUT2D eigenvalue weighted by Crippen LogP contribution is 2.43. The summed E-state index contributed by atoms with van der Waals surface area (Å²) in [6.07, 6.45) is 2.56. The number of carboxylic acids is 1. The largest absolute Gasteiger partial charge is 0.506 e. The summed E-state index contributed by atoms with van der Waals surface area (Å²) in [7, 11) is 0. The van der Waals surface area contributed by atoms with Gasteiger partial charge in [0.1, 0.15) is 5.75 Å². The van der Waals surface area contributed by atoms with Gasteiger partial charge >= 0.3 is 5.97 Å². The minimum Gasteiger partial charge on any atom is -0.506 e. The number of benzene rings is 1. The Labute approximate surface area is 99.5 Å². The smallest absolute Gasteiger partial charge is 0.308 e. The molecular formula is C13H15NO3. The van der Waals surface area contributed by atoms with Crippen molar-refractivity contribution >= 4 is 11.7 Å². The van der Waals surface area contributed by atoms with Crippen LogP contribution in [0.15, 0.2) is 18.2 Å². The first-order valence-corrected chi connectivity index (χ1v) is 5.97. The highest BCUT2D eigenvalue weighted by Gasteiger charge is 2.38. The van der Waals surface area contributed by atoms with Crippen LogP contribution in [0, 0.1) is 5.92 Å². The van der Waals surface area contributed by atoms with Gasteiger partial charge in [0.05, 0.1) is 11.6 Å². The van der Waals surface area contributed by atoms with E-state index in [9.17, 15) is 9.90 Å². The third-order valence-electron chi connectivity index (χ3n) is 3.90. The lowest BCUT2D eigenvalue weighted by atomic mass is 9.93. The first-order chi connectivity index (χ1) is 8.16. The fourth-order valence-electron chi connectivity index (χ4n) is 3.04. The Morgan fingerprint density at radius 1 is 1.35 bits per heavy atom. The van der Waals surface area contributed by atoms with E-state index in [0.717, 1.165) is 30.5 Å². The van der Waals surface area contributed by atoms with Crippen molar-refractivity contribution in [3.63, 3.8) is 0 Å². The molecule has 3 rings (SSSR count). The number of piperidine rings is 1. The van der Waals surface area contributed by atoms with E-state index < -0.39 is 5.97 Å². The maximum Gasteiger partial charge on any atom is 0.308 e. The monoisotopic (exact) mass is 233 g/mol. The molecule has 2 aliphatic heterocycles. The van der Waals surface area contributed by atoms with Gasteiger partial charge in [-0.25, -0.2) is 0 Å². The van der Waals surface area contributed by atoms with E-state index in [1.54, 1.807) is 6.07 Å². The molecule has 1 aromatic carbocycles. The molecule has 0 aromatic heterocycles. The Morgan fingerprint density at radius 2 is 2.18 bits per heavy atom. The zero-order chi connectivity index (χ0) is 12.0. The van der Waals surface area contributed by atoms with Crippen LogP contribution < -0.4 is 4.90 Å². The van der Waals surface area contributed by atoms with E-state index in [1.165, 1.54) is 0 Å². The van der Waals surface area contributed by atoms with Gasteiger partial charge < -0.3 is 15.1 Å². The zero-order valence-corrected chi connectivity index (χ0v) is 9.47. The Kier molecular flexibility index (Phi) is 2.24. The standard InChI is InChI=1S/C13H15NO3/c15-11-3-1-2-8-6-10-5-4-9(13(16)17)7-14(10)12(8)11/h1-3,9-10,15H,4-7H2,(H,16,17). The summed E-state index contributed by atoms with van der Waals surface area (Å²) in [5.41, 5.74) is 1.99. The molecule has 4 nitrogen and oxygen atoms in total. The van der Waals surface area contributed by atoms with Gasteiger partial charge in [-0.3, -0.25) is 4.79 Å². The fraction of sp³-hybridized carbons (Fsp3) is 0.462. The second-order valence-corrected chi connectivity index (χ2v) is 4.91. The average molecular weight is 233 g/mol. The number of aliphatic carboxylic acids is 1. The van der Waals surface area contributed by atoms with Gasteiger partial charge in [0, 0.05) is 12.6 Å². The summed E-state index contributed by atoms with van der Waals surface area (Å²) in [5.74, 6) is -0.764. The van der Waals surface area contributed by atoms with E-state index >= 15 is 0 Å². The molecule has 2 heterocycles. The Bertz CT molecular complexity index is 472. The maximum absolute atomic E-state index is 11.1. The molecule has 0 spiro atoms. The van der Waals surface area contributed by atoms with Crippen LogP contribution in [0.1, 0.15) is 18.4 Å². The lowest BCUT2D eigenvalue weighted by molar-refractivity contribution is -0.142. The van der Waals surface area contributed by atoms with E-state index in [4.69, 9.17) is 5.11 Å². The van der Waals surface area contributed by atoms with Crippen LogP contribution in [0.5, 0.6) is 5.75 Å². The summed E-state index contributed by atoms with van der Waals surface area (Å²) >= 11 is 0. The van der Waals surface area contributed by atoms with E-state index in [-0.39, 0.29) is 11.7 Å². The van der Waals surface area contributed by atoms with Crippen molar-refractivity contribution in [2.45, 2.75) is 25.3 Å². The number of fused-ring (bicyclic) bond motifs is 3. The number of para-hydroxylation sites is 1. The molecule has 2 unspecified atom stereocenters. The van der Waals surface area contributed by atoms with Crippen molar-refractivity contribution in [1.82, 2.24) is 0 Å². The van der Waals surface area contributed by atoms with Gasteiger partial charge in [-0.05, 0) is 30.9 Å². The van der Waals surface area contributed by atoms with Crippen LogP contribution in [0.25, 0.3) is 0 Å². The number of phenols is 1. The first kappa shape index (κ1) is 10.4. The number of hydrogen-bond donors (Lipinski definition) is 2. The number of phenolic OH excluding ortho intramolecular Hbond substituents is 1. The lowest BCUT2D eigenvalue weighted by Crippen LogP contribution is -2.43. The van der Waals surface area contributed by atoms with Crippen LogP contribution in [0.2, 0.25) is 0 Å². The molecule has 0 saturated carbocycles. The number of carbonyl (C=O) groups is 1. The highest BCUT2D eigenvalue weighted by molar-refractivity contribution is 5.74. The molecule has 2 aliphatic rings. The molecule has 17 heavy (non-hydrogen) atoms. The Hall–Kier alpha value is -1.71. The molecular weight excluding hydrogens is 218 g/mol. The van der Waals surface area contributed by atoms with E-state index in [0.29, 0.717) is 12.6 Å². The van der Waals surface area contributed by atoms with Gasteiger partial charge in [0.15, 0.2) is 0 Å². The summed E-state index contributed by atoms with van der Waals surface area (Å²) in [5, 5.41) is 19.0. The molecule has 0 bridgehead atoms. The fourth-order valence-corrected chi connectivity index (χ4v) is 3.04. The minimum atomic E-state index is -0.729. The van der Waals surface area contributed by atoms with Crippen LogP contribution in [0.3, 0.4) is 0 Å². The zero-order valence-electron chi connectivity index (χ0n) is 9.47. The summed E-state index contributed by atoms with van der Waals surface area (Å²) in [6, 6.07) is 5.91. The number of anilines is 1. The number of carboxylic acid groups (broad SMARTS) is 1. The first-order valence-electron chi connectivity index (χ1n) is 5.97. The van der Waals surface area contributed by atoms with Crippen LogP contribution in [0.4, 0.5) is 5.69 Å². The van der Waals surface area contributed by atoms with Gasteiger partial charge in [-0.2, -0.15) is 0 Å². The summed E-state index contributed by atoms with van der Waals surface area (Å²) < 4.78 is 0. The number of aromatic hydroxyl groups is 1. The second kappa shape index (κ2) is 3.65. The van der Waals surface area contributed by atoms with Gasteiger partial charge in [-0.15, -0.1) is 0 Å². The summed E-state index contributed by atoms with van der Waals surface area (Å²) in [6.45, 7) is 0.518. The summed E-state index contributed by atoms with van der Waals surface area (Å²) in [4.78, 5) is 13.1. The molecule has 4 heteroatoms. The Balaban J connectivity index is 1.95. The van der Waals surface area contributed by atoms with Gasteiger partial charge in [0.25, 0.3) is 0 Å².